The Balaban J connectivity index is 1.96. The topological polar surface area (TPSA) is 75.2 Å². The minimum absolute atomic E-state index is 0.0179. The van der Waals surface area contributed by atoms with E-state index in [0.717, 1.165) is 25.9 Å². The average molecular weight is 278 g/mol. The predicted molar refractivity (Wildman–Crippen MR) is 76.6 cm³/mol. The van der Waals surface area contributed by atoms with Crippen molar-refractivity contribution in [2.24, 2.45) is 0 Å². The summed E-state index contributed by atoms with van der Waals surface area (Å²) in [7, 11) is 0. The molecule has 1 aliphatic heterocycles. The van der Waals surface area contributed by atoms with E-state index >= 15 is 0 Å². The van der Waals surface area contributed by atoms with Crippen LogP contribution in [0.2, 0.25) is 0 Å². The molecule has 2 rings (SSSR count). The molecule has 1 aromatic heterocycles. The van der Waals surface area contributed by atoms with Crippen LogP contribution in [0.4, 0.5) is 0 Å². The Morgan fingerprint density at radius 1 is 1.35 bits per heavy atom. The van der Waals surface area contributed by atoms with Crippen molar-refractivity contribution in [1.29, 1.82) is 0 Å². The molecule has 6 heteroatoms. The highest BCUT2D eigenvalue weighted by molar-refractivity contribution is 5.95. The first kappa shape index (κ1) is 14.6. The second kappa shape index (κ2) is 7.09. The van der Waals surface area contributed by atoms with Gasteiger partial charge in [-0.3, -0.25) is 9.59 Å². The molecule has 1 aliphatic rings. The molecule has 0 bridgehead atoms. The summed E-state index contributed by atoms with van der Waals surface area (Å²) in [6.45, 7) is 4.39. The fourth-order valence-electron chi connectivity index (χ4n) is 2.50. The van der Waals surface area contributed by atoms with E-state index in [9.17, 15) is 9.59 Å². The monoisotopic (exact) mass is 278 g/mol. The molecule has 0 saturated carbocycles. The van der Waals surface area contributed by atoms with E-state index in [1.165, 1.54) is 0 Å². The summed E-state index contributed by atoms with van der Waals surface area (Å²) in [4.78, 5) is 23.5. The van der Waals surface area contributed by atoms with E-state index in [1.54, 1.807) is 6.07 Å². The van der Waals surface area contributed by atoms with Gasteiger partial charge >= 0.3 is 0 Å². The fourth-order valence-corrected chi connectivity index (χ4v) is 2.50. The van der Waals surface area contributed by atoms with Gasteiger partial charge in [0.15, 0.2) is 0 Å². The molecule has 2 heterocycles. The second-order valence-electron chi connectivity index (χ2n) is 4.92. The Hall–Kier alpha value is -1.82. The largest absolute Gasteiger partial charge is 0.355 e. The third kappa shape index (κ3) is 3.60. The number of rotatable bonds is 5. The third-order valence-electron chi connectivity index (χ3n) is 3.50. The Kier molecular flexibility index (Phi) is 5.17. The van der Waals surface area contributed by atoms with E-state index in [1.807, 2.05) is 23.8 Å². The zero-order valence-electron chi connectivity index (χ0n) is 11.8. The maximum absolute atomic E-state index is 12.2. The van der Waals surface area contributed by atoms with Crippen molar-refractivity contribution < 1.29 is 9.59 Å². The van der Waals surface area contributed by atoms with Gasteiger partial charge in [-0.15, -0.1) is 0 Å². The first-order chi connectivity index (χ1) is 9.72. The number of hydrogen-bond donors (Lipinski definition) is 3. The van der Waals surface area contributed by atoms with Crippen molar-refractivity contribution in [3.8, 4) is 0 Å². The number of likely N-dealkylation sites (N-methyl/N-ethyl adjacent to an activating group) is 1. The predicted octanol–water partition coefficient (Wildman–Crippen LogP) is 0.278. The van der Waals surface area contributed by atoms with Gasteiger partial charge in [-0.25, -0.2) is 0 Å². The number of aromatic nitrogens is 1. The second-order valence-corrected chi connectivity index (χ2v) is 4.92. The van der Waals surface area contributed by atoms with E-state index in [2.05, 4.69) is 16.0 Å². The lowest BCUT2D eigenvalue weighted by atomic mass is 10.1. The molecule has 3 N–H and O–H groups in total. The van der Waals surface area contributed by atoms with E-state index < -0.39 is 0 Å². The van der Waals surface area contributed by atoms with Crippen LogP contribution in [-0.2, 0) is 4.79 Å². The first-order valence-electron chi connectivity index (χ1n) is 7.14. The van der Waals surface area contributed by atoms with Gasteiger partial charge in [0.1, 0.15) is 5.69 Å². The van der Waals surface area contributed by atoms with Crippen molar-refractivity contribution in [2.45, 2.75) is 25.8 Å². The van der Waals surface area contributed by atoms with Crippen LogP contribution in [0.15, 0.2) is 18.3 Å². The molecule has 0 atom stereocenters. The van der Waals surface area contributed by atoms with Crippen molar-refractivity contribution in [3.63, 3.8) is 0 Å². The van der Waals surface area contributed by atoms with Gasteiger partial charge in [0.2, 0.25) is 5.91 Å². The van der Waals surface area contributed by atoms with Gasteiger partial charge < -0.3 is 20.5 Å². The van der Waals surface area contributed by atoms with Crippen LogP contribution in [-0.4, -0.2) is 42.6 Å². The highest BCUT2D eigenvalue weighted by atomic mass is 16.2. The summed E-state index contributed by atoms with van der Waals surface area (Å²) in [5, 5.41) is 8.63. The Morgan fingerprint density at radius 3 is 2.80 bits per heavy atom. The highest BCUT2D eigenvalue weighted by Gasteiger charge is 2.20. The Labute approximate surface area is 118 Å². The molecule has 0 spiro atoms. The summed E-state index contributed by atoms with van der Waals surface area (Å²) in [6.07, 6.45) is 3.98. The molecule has 0 radical (unpaired) electrons. The number of nitrogens with zero attached hydrogens (tertiary/aromatic N) is 1. The molecule has 20 heavy (non-hydrogen) atoms. The molecule has 1 fully saturated rings. The van der Waals surface area contributed by atoms with Gasteiger partial charge in [-0.2, -0.15) is 0 Å². The van der Waals surface area contributed by atoms with Crippen LogP contribution in [0, 0.1) is 0 Å². The molecule has 0 unspecified atom stereocenters. The summed E-state index contributed by atoms with van der Waals surface area (Å²) < 4.78 is 2.02. The fraction of sp³-hybridized carbons (Fsp3) is 0.571. The number of piperidine rings is 1. The number of carbonyl (C=O) groups is 2. The summed E-state index contributed by atoms with van der Waals surface area (Å²) in [5.74, 6) is -0.361. The van der Waals surface area contributed by atoms with Crippen molar-refractivity contribution >= 4 is 11.8 Å². The van der Waals surface area contributed by atoms with Crippen molar-refractivity contribution in [3.05, 3.63) is 24.0 Å². The molecular formula is C14H22N4O2. The zero-order chi connectivity index (χ0) is 14.4. The van der Waals surface area contributed by atoms with Gasteiger partial charge in [-0.1, -0.05) is 0 Å². The van der Waals surface area contributed by atoms with E-state index in [-0.39, 0.29) is 18.4 Å². The summed E-state index contributed by atoms with van der Waals surface area (Å²) in [5.41, 5.74) is 0.626. The van der Waals surface area contributed by atoms with E-state index in [4.69, 9.17) is 0 Å². The SMILES string of the molecule is CCNC(=O)CNC(=O)c1cccn1C1CCNCC1. The lowest BCUT2D eigenvalue weighted by molar-refractivity contribution is -0.120. The molecule has 110 valence electrons. The maximum atomic E-state index is 12.2. The van der Waals surface area contributed by atoms with Crippen LogP contribution < -0.4 is 16.0 Å². The van der Waals surface area contributed by atoms with Gasteiger partial charge in [-0.05, 0) is 45.0 Å². The smallest absolute Gasteiger partial charge is 0.268 e. The minimum Gasteiger partial charge on any atom is -0.355 e. The third-order valence-corrected chi connectivity index (χ3v) is 3.50. The molecular weight excluding hydrogens is 256 g/mol. The normalized spacial score (nSPS) is 15.8. The van der Waals surface area contributed by atoms with Crippen LogP contribution >= 0.6 is 0 Å². The molecule has 2 amide bonds. The summed E-state index contributed by atoms with van der Waals surface area (Å²) >= 11 is 0. The number of carbonyl (C=O) groups excluding carboxylic acids is 2. The van der Waals surface area contributed by atoms with E-state index in [0.29, 0.717) is 18.3 Å². The lowest BCUT2D eigenvalue weighted by Crippen LogP contribution is -2.38. The molecule has 1 aromatic rings. The molecule has 0 aromatic carbocycles. The van der Waals surface area contributed by atoms with Crippen LogP contribution in [0.1, 0.15) is 36.3 Å². The maximum Gasteiger partial charge on any atom is 0.268 e. The van der Waals surface area contributed by atoms with Crippen LogP contribution in [0.3, 0.4) is 0 Å². The van der Waals surface area contributed by atoms with Gasteiger partial charge in [0.05, 0.1) is 6.54 Å². The standard InChI is InChI=1S/C14H22N4O2/c1-2-16-13(19)10-17-14(20)12-4-3-9-18(12)11-5-7-15-8-6-11/h3-4,9,11,15H,2,5-8,10H2,1H3,(H,16,19)(H,17,20). The lowest BCUT2D eigenvalue weighted by Gasteiger charge is -2.25. The zero-order valence-corrected chi connectivity index (χ0v) is 11.8. The Bertz CT molecular complexity index is 463. The molecule has 6 nitrogen and oxygen atoms in total. The quantitative estimate of drug-likeness (QED) is 0.724. The minimum atomic E-state index is -0.195. The van der Waals surface area contributed by atoms with Crippen molar-refractivity contribution in [1.82, 2.24) is 20.5 Å². The Morgan fingerprint density at radius 2 is 2.10 bits per heavy atom. The molecule has 0 aliphatic carbocycles. The highest BCUT2D eigenvalue weighted by Crippen LogP contribution is 2.21. The number of amides is 2. The van der Waals surface area contributed by atoms with Gasteiger partial charge in [0.25, 0.3) is 5.91 Å². The summed E-state index contributed by atoms with van der Waals surface area (Å²) in [6, 6.07) is 4.04. The van der Waals surface area contributed by atoms with Gasteiger partial charge in [0, 0.05) is 18.8 Å². The average Bonchev–Trinajstić information content (AvgIpc) is 2.95. The number of nitrogens with one attached hydrogen (secondary N) is 3. The molecule has 1 saturated heterocycles. The van der Waals surface area contributed by atoms with Crippen LogP contribution in [0.5, 0.6) is 0 Å². The van der Waals surface area contributed by atoms with Crippen molar-refractivity contribution in [2.75, 3.05) is 26.2 Å². The number of hydrogen-bond acceptors (Lipinski definition) is 3. The van der Waals surface area contributed by atoms with Crippen LogP contribution in [0.25, 0.3) is 0 Å². The first-order valence-corrected chi connectivity index (χ1v) is 7.14.